The Labute approximate surface area is 167 Å². The lowest BCUT2D eigenvalue weighted by Crippen LogP contribution is -2.32. The predicted octanol–water partition coefficient (Wildman–Crippen LogP) is 3.51. The highest BCUT2D eigenvalue weighted by Gasteiger charge is 2.18. The number of nitrogens with one attached hydrogen (secondary N) is 1. The fourth-order valence-corrected chi connectivity index (χ4v) is 2.76. The van der Waals surface area contributed by atoms with Crippen LogP contribution in [-0.4, -0.2) is 36.6 Å². The standard InChI is InChI=1S/C21H20N6O2/c1-3-14(2)24-20(28)17-12-27(13-23-17)19-16(10-7-11-22-19)21-25-18(26-29-21)15-8-5-4-6-9-15/h4-14H,3H2,1-2H3,(H,24,28). The van der Waals surface area contributed by atoms with Gasteiger partial charge in [0.15, 0.2) is 5.82 Å². The second-order valence-electron chi connectivity index (χ2n) is 6.61. The van der Waals surface area contributed by atoms with Gasteiger partial charge in [0.25, 0.3) is 11.8 Å². The van der Waals surface area contributed by atoms with Gasteiger partial charge in [-0.2, -0.15) is 4.98 Å². The normalized spacial score (nSPS) is 11.9. The molecule has 1 amide bonds. The summed E-state index contributed by atoms with van der Waals surface area (Å²) in [5, 5.41) is 6.97. The first-order valence-corrected chi connectivity index (χ1v) is 9.35. The fraction of sp³-hybridized carbons (Fsp3) is 0.190. The molecule has 3 aromatic heterocycles. The number of carbonyl (C=O) groups excluding carboxylic acids is 1. The van der Waals surface area contributed by atoms with E-state index in [1.165, 1.54) is 0 Å². The van der Waals surface area contributed by atoms with E-state index in [9.17, 15) is 4.79 Å². The second kappa shape index (κ2) is 8.05. The monoisotopic (exact) mass is 388 g/mol. The minimum Gasteiger partial charge on any atom is -0.348 e. The second-order valence-corrected chi connectivity index (χ2v) is 6.61. The van der Waals surface area contributed by atoms with E-state index in [4.69, 9.17) is 4.52 Å². The molecule has 1 N–H and O–H groups in total. The number of aromatic nitrogens is 5. The van der Waals surface area contributed by atoms with Crippen LogP contribution < -0.4 is 5.32 Å². The molecule has 0 aliphatic heterocycles. The van der Waals surface area contributed by atoms with Crippen molar-refractivity contribution in [2.75, 3.05) is 0 Å². The van der Waals surface area contributed by atoms with Crippen molar-refractivity contribution in [1.29, 1.82) is 0 Å². The molecular formula is C21H20N6O2. The highest BCUT2D eigenvalue weighted by Crippen LogP contribution is 2.26. The van der Waals surface area contributed by atoms with E-state index in [1.54, 1.807) is 29.4 Å². The third-order valence-electron chi connectivity index (χ3n) is 4.52. The molecule has 0 aliphatic rings. The molecule has 0 spiro atoms. The fourth-order valence-electron chi connectivity index (χ4n) is 2.76. The Morgan fingerprint density at radius 2 is 2.00 bits per heavy atom. The number of amides is 1. The molecule has 0 saturated heterocycles. The molecule has 8 heteroatoms. The zero-order valence-corrected chi connectivity index (χ0v) is 16.1. The van der Waals surface area contributed by atoms with Crippen LogP contribution in [0.4, 0.5) is 0 Å². The van der Waals surface area contributed by atoms with Gasteiger partial charge in [0.2, 0.25) is 5.82 Å². The van der Waals surface area contributed by atoms with Gasteiger partial charge < -0.3 is 9.84 Å². The molecule has 0 aliphatic carbocycles. The van der Waals surface area contributed by atoms with E-state index in [1.807, 2.05) is 50.2 Å². The van der Waals surface area contributed by atoms with Crippen LogP contribution in [-0.2, 0) is 0 Å². The van der Waals surface area contributed by atoms with Crippen molar-refractivity contribution < 1.29 is 9.32 Å². The molecule has 0 saturated carbocycles. The molecule has 0 fully saturated rings. The van der Waals surface area contributed by atoms with Crippen LogP contribution in [0.25, 0.3) is 28.7 Å². The van der Waals surface area contributed by atoms with Crippen molar-refractivity contribution in [2.24, 2.45) is 0 Å². The van der Waals surface area contributed by atoms with Crippen molar-refractivity contribution in [1.82, 2.24) is 30.0 Å². The number of carbonyl (C=O) groups is 1. The lowest BCUT2D eigenvalue weighted by molar-refractivity contribution is 0.0934. The van der Waals surface area contributed by atoms with Crippen LogP contribution in [0.5, 0.6) is 0 Å². The summed E-state index contributed by atoms with van der Waals surface area (Å²) in [6, 6.07) is 13.3. The molecular weight excluding hydrogens is 368 g/mol. The quantitative estimate of drug-likeness (QED) is 0.543. The molecule has 146 valence electrons. The number of rotatable bonds is 6. The van der Waals surface area contributed by atoms with Crippen molar-refractivity contribution in [3.8, 4) is 28.7 Å². The highest BCUT2D eigenvalue weighted by atomic mass is 16.5. The Morgan fingerprint density at radius 1 is 1.17 bits per heavy atom. The molecule has 29 heavy (non-hydrogen) atoms. The van der Waals surface area contributed by atoms with Crippen LogP contribution in [0.15, 0.2) is 65.7 Å². The molecule has 4 aromatic rings. The third kappa shape index (κ3) is 3.91. The van der Waals surface area contributed by atoms with Gasteiger partial charge in [0, 0.05) is 24.0 Å². The maximum Gasteiger partial charge on any atom is 0.271 e. The summed E-state index contributed by atoms with van der Waals surface area (Å²) < 4.78 is 7.15. The van der Waals surface area contributed by atoms with E-state index >= 15 is 0 Å². The Balaban J connectivity index is 1.65. The maximum absolute atomic E-state index is 12.3. The topological polar surface area (TPSA) is 98.7 Å². The van der Waals surface area contributed by atoms with Crippen LogP contribution in [0.3, 0.4) is 0 Å². The molecule has 0 bridgehead atoms. The number of hydrogen-bond donors (Lipinski definition) is 1. The first kappa shape index (κ1) is 18.5. The lowest BCUT2D eigenvalue weighted by atomic mass is 10.2. The summed E-state index contributed by atoms with van der Waals surface area (Å²) in [6.07, 6.45) is 5.69. The summed E-state index contributed by atoms with van der Waals surface area (Å²) >= 11 is 0. The van der Waals surface area contributed by atoms with E-state index in [0.717, 1.165) is 12.0 Å². The Hall–Kier alpha value is -3.81. The van der Waals surface area contributed by atoms with Gasteiger partial charge >= 0.3 is 0 Å². The minimum atomic E-state index is -0.222. The third-order valence-corrected chi connectivity index (χ3v) is 4.52. The summed E-state index contributed by atoms with van der Waals surface area (Å²) in [7, 11) is 0. The molecule has 8 nitrogen and oxygen atoms in total. The van der Waals surface area contributed by atoms with Crippen molar-refractivity contribution in [2.45, 2.75) is 26.3 Å². The zero-order valence-electron chi connectivity index (χ0n) is 16.1. The van der Waals surface area contributed by atoms with Crippen LogP contribution >= 0.6 is 0 Å². The van der Waals surface area contributed by atoms with E-state index in [2.05, 4.69) is 25.4 Å². The van der Waals surface area contributed by atoms with E-state index in [0.29, 0.717) is 28.8 Å². The molecule has 0 radical (unpaired) electrons. The first-order chi connectivity index (χ1) is 14.2. The molecule has 1 aromatic carbocycles. The average Bonchev–Trinajstić information content (AvgIpc) is 3.44. The van der Waals surface area contributed by atoms with Crippen LogP contribution in [0.2, 0.25) is 0 Å². The van der Waals surface area contributed by atoms with Gasteiger partial charge in [-0.15, -0.1) is 0 Å². The number of pyridine rings is 1. The number of benzene rings is 1. The first-order valence-electron chi connectivity index (χ1n) is 9.35. The lowest BCUT2D eigenvalue weighted by Gasteiger charge is -2.09. The van der Waals surface area contributed by atoms with Gasteiger partial charge in [-0.25, -0.2) is 9.97 Å². The van der Waals surface area contributed by atoms with Crippen LogP contribution in [0.1, 0.15) is 30.8 Å². The van der Waals surface area contributed by atoms with Crippen LogP contribution in [0, 0.1) is 0 Å². The molecule has 1 unspecified atom stereocenters. The summed E-state index contributed by atoms with van der Waals surface area (Å²) in [5.74, 6) is 1.16. The van der Waals surface area contributed by atoms with Gasteiger partial charge in [-0.3, -0.25) is 9.36 Å². The number of nitrogens with zero attached hydrogens (tertiary/aromatic N) is 5. The van der Waals surface area contributed by atoms with E-state index in [-0.39, 0.29) is 11.9 Å². The average molecular weight is 388 g/mol. The zero-order chi connectivity index (χ0) is 20.2. The SMILES string of the molecule is CCC(C)NC(=O)c1cn(-c2ncccc2-c2nc(-c3ccccc3)no2)cn1. The van der Waals surface area contributed by atoms with Gasteiger partial charge in [0.05, 0.1) is 5.56 Å². The van der Waals surface area contributed by atoms with Crippen molar-refractivity contribution in [3.63, 3.8) is 0 Å². The summed E-state index contributed by atoms with van der Waals surface area (Å²) in [5.41, 5.74) is 1.82. The Kier molecular flexibility index (Phi) is 5.15. The summed E-state index contributed by atoms with van der Waals surface area (Å²) in [4.78, 5) is 25.5. The van der Waals surface area contributed by atoms with Crippen molar-refractivity contribution >= 4 is 5.91 Å². The maximum atomic E-state index is 12.3. The summed E-state index contributed by atoms with van der Waals surface area (Å²) in [6.45, 7) is 3.96. The minimum absolute atomic E-state index is 0.0767. The molecule has 4 rings (SSSR count). The predicted molar refractivity (Wildman–Crippen MR) is 107 cm³/mol. The van der Waals surface area contributed by atoms with Gasteiger partial charge in [0.1, 0.15) is 12.0 Å². The number of imidazole rings is 1. The van der Waals surface area contributed by atoms with Gasteiger partial charge in [-0.1, -0.05) is 42.4 Å². The van der Waals surface area contributed by atoms with Crippen molar-refractivity contribution in [3.05, 3.63) is 66.9 Å². The largest absolute Gasteiger partial charge is 0.348 e. The molecule has 3 heterocycles. The number of hydrogen-bond acceptors (Lipinski definition) is 6. The molecule has 1 atom stereocenters. The van der Waals surface area contributed by atoms with E-state index < -0.39 is 0 Å². The smallest absolute Gasteiger partial charge is 0.271 e. The Bertz CT molecular complexity index is 1120. The van der Waals surface area contributed by atoms with Gasteiger partial charge in [-0.05, 0) is 25.5 Å². The Morgan fingerprint density at radius 3 is 2.79 bits per heavy atom. The highest BCUT2D eigenvalue weighted by molar-refractivity contribution is 5.92.